The molecule has 2 saturated heterocycles. The number of halogens is 2. The smallest absolute Gasteiger partial charge is 0.266 e. The minimum atomic E-state index is -0.958. The van der Waals surface area contributed by atoms with Crippen molar-refractivity contribution in [2.24, 2.45) is 5.92 Å². The second-order valence-electron chi connectivity index (χ2n) is 9.95. The molecular weight excluding hydrogens is 535 g/mol. The van der Waals surface area contributed by atoms with Crippen LogP contribution in [0, 0.1) is 5.92 Å². The van der Waals surface area contributed by atoms with E-state index in [2.05, 4.69) is 6.92 Å². The molecule has 0 spiro atoms. The highest BCUT2D eigenvalue weighted by Crippen LogP contribution is 2.48. The predicted octanol–water partition coefficient (Wildman–Crippen LogP) is 7.78. The molecule has 6 nitrogen and oxygen atoms in total. The average molecular weight is 568 g/mol. The van der Waals surface area contributed by atoms with E-state index in [1.165, 1.54) is 31.7 Å². The highest BCUT2D eigenvalue weighted by molar-refractivity contribution is 6.42. The van der Waals surface area contributed by atoms with Gasteiger partial charge < -0.3 is 4.74 Å². The van der Waals surface area contributed by atoms with Crippen molar-refractivity contribution in [1.29, 1.82) is 0 Å². The quantitative estimate of drug-likeness (QED) is 0.175. The molecule has 204 valence electrons. The van der Waals surface area contributed by atoms with Gasteiger partial charge in [-0.15, -0.1) is 0 Å². The summed E-state index contributed by atoms with van der Waals surface area (Å²) in [6.07, 6.45) is 6.27. The molecule has 2 fully saturated rings. The number of rotatable bonds is 11. The summed E-state index contributed by atoms with van der Waals surface area (Å²) in [6.45, 7) is 2.89. The van der Waals surface area contributed by atoms with Gasteiger partial charge in [0.1, 0.15) is 11.7 Å². The Morgan fingerprint density at radius 1 is 0.795 bits per heavy atom. The van der Waals surface area contributed by atoms with Gasteiger partial charge in [0.25, 0.3) is 5.91 Å². The first-order valence-corrected chi connectivity index (χ1v) is 14.3. The van der Waals surface area contributed by atoms with E-state index in [-0.39, 0.29) is 10.9 Å². The van der Waals surface area contributed by atoms with E-state index in [1.54, 1.807) is 17.2 Å². The molecule has 0 aliphatic carbocycles. The zero-order chi connectivity index (χ0) is 27.4. The fourth-order valence-electron chi connectivity index (χ4n) is 5.26. The Kier molecular flexibility index (Phi) is 8.75. The van der Waals surface area contributed by atoms with E-state index in [4.69, 9.17) is 32.8 Å². The number of hydrogen-bond acceptors (Lipinski definition) is 5. The van der Waals surface area contributed by atoms with Crippen molar-refractivity contribution in [3.05, 3.63) is 88.4 Å². The molecule has 2 heterocycles. The second kappa shape index (κ2) is 12.4. The van der Waals surface area contributed by atoms with Crippen LogP contribution in [0.15, 0.2) is 72.8 Å². The summed E-state index contributed by atoms with van der Waals surface area (Å²) in [5.41, 5.74) is 2.00. The van der Waals surface area contributed by atoms with E-state index >= 15 is 0 Å². The van der Waals surface area contributed by atoms with Crippen LogP contribution in [-0.4, -0.2) is 24.5 Å². The van der Waals surface area contributed by atoms with Gasteiger partial charge in [-0.3, -0.25) is 14.4 Å². The van der Waals surface area contributed by atoms with Gasteiger partial charge in [-0.05, 0) is 54.4 Å². The monoisotopic (exact) mass is 566 g/mol. The van der Waals surface area contributed by atoms with Gasteiger partial charge in [0.05, 0.1) is 34.1 Å². The Bertz CT molecular complexity index is 1300. The maximum Gasteiger partial charge on any atom is 0.266 e. The van der Waals surface area contributed by atoms with E-state index in [0.29, 0.717) is 17.3 Å². The minimum Gasteiger partial charge on any atom is -0.494 e. The van der Waals surface area contributed by atoms with Crippen molar-refractivity contribution >= 4 is 46.4 Å². The van der Waals surface area contributed by atoms with Crippen LogP contribution in [0.1, 0.15) is 57.1 Å². The van der Waals surface area contributed by atoms with E-state index in [0.717, 1.165) is 34.7 Å². The van der Waals surface area contributed by atoms with Crippen molar-refractivity contribution in [3.8, 4) is 5.75 Å². The summed E-state index contributed by atoms with van der Waals surface area (Å²) in [5.74, 6) is -0.719. The summed E-state index contributed by atoms with van der Waals surface area (Å²) in [7, 11) is 0. The van der Waals surface area contributed by atoms with Gasteiger partial charge in [-0.25, -0.2) is 9.96 Å². The van der Waals surface area contributed by atoms with E-state index in [9.17, 15) is 9.59 Å². The molecule has 0 saturated carbocycles. The van der Waals surface area contributed by atoms with E-state index < -0.39 is 24.0 Å². The van der Waals surface area contributed by atoms with Gasteiger partial charge >= 0.3 is 0 Å². The lowest BCUT2D eigenvalue weighted by atomic mass is 9.90. The highest BCUT2D eigenvalue weighted by Gasteiger charge is 2.60. The third-order valence-corrected chi connectivity index (χ3v) is 8.01. The number of benzene rings is 3. The molecule has 0 unspecified atom stereocenters. The zero-order valence-electron chi connectivity index (χ0n) is 21.9. The van der Waals surface area contributed by atoms with Crippen LogP contribution in [0.4, 0.5) is 11.4 Å². The fraction of sp³-hybridized carbons (Fsp3) is 0.355. The number of carbonyl (C=O) groups excluding carboxylic acids is 2. The number of unbranched alkanes of at least 4 members (excludes halogenated alkanes) is 5. The average Bonchev–Trinajstić information content (AvgIpc) is 3.46. The molecule has 0 bridgehead atoms. The lowest BCUT2D eigenvalue weighted by Gasteiger charge is -2.29. The third-order valence-electron chi connectivity index (χ3n) is 7.28. The van der Waals surface area contributed by atoms with Crippen molar-refractivity contribution in [1.82, 2.24) is 0 Å². The topological polar surface area (TPSA) is 59.1 Å². The maximum atomic E-state index is 13.8. The number of fused-ring (bicyclic) bond motifs is 1. The van der Waals surface area contributed by atoms with Gasteiger partial charge in [0.15, 0.2) is 6.10 Å². The largest absolute Gasteiger partial charge is 0.494 e. The number of imide groups is 1. The van der Waals surface area contributed by atoms with Crippen LogP contribution < -0.4 is 14.7 Å². The van der Waals surface area contributed by atoms with Crippen molar-refractivity contribution in [2.45, 2.75) is 57.6 Å². The first-order chi connectivity index (χ1) is 19.0. The van der Waals surface area contributed by atoms with Crippen LogP contribution >= 0.6 is 23.2 Å². The van der Waals surface area contributed by atoms with Crippen molar-refractivity contribution < 1.29 is 19.2 Å². The van der Waals surface area contributed by atoms with Gasteiger partial charge in [-0.2, -0.15) is 0 Å². The first-order valence-electron chi connectivity index (χ1n) is 13.6. The second-order valence-corrected chi connectivity index (χ2v) is 10.8. The molecule has 5 rings (SSSR count). The normalized spacial score (nSPS) is 20.5. The molecule has 0 radical (unpaired) electrons. The Balaban J connectivity index is 1.36. The highest BCUT2D eigenvalue weighted by atomic mass is 35.5. The van der Waals surface area contributed by atoms with Crippen LogP contribution in [0.25, 0.3) is 0 Å². The lowest BCUT2D eigenvalue weighted by molar-refractivity contribution is -0.126. The number of hydrogen-bond donors (Lipinski definition) is 0. The number of para-hydroxylation sites is 1. The summed E-state index contributed by atoms with van der Waals surface area (Å²) >= 11 is 12.3. The van der Waals surface area contributed by atoms with Crippen LogP contribution in [0.3, 0.4) is 0 Å². The summed E-state index contributed by atoms with van der Waals surface area (Å²) in [5, 5.41) is 2.30. The number of nitrogens with zero attached hydrogens (tertiary/aromatic N) is 2. The Labute approximate surface area is 239 Å². The minimum absolute atomic E-state index is 0.270. The number of carbonyl (C=O) groups is 2. The predicted molar refractivity (Wildman–Crippen MR) is 154 cm³/mol. The Morgan fingerprint density at radius 3 is 2.23 bits per heavy atom. The Morgan fingerprint density at radius 2 is 1.51 bits per heavy atom. The summed E-state index contributed by atoms with van der Waals surface area (Å²) < 4.78 is 5.96. The molecule has 2 aliphatic heterocycles. The maximum absolute atomic E-state index is 13.8. The number of hydroxylamine groups is 1. The van der Waals surface area contributed by atoms with Gasteiger partial charge in [0, 0.05) is 0 Å². The van der Waals surface area contributed by atoms with Gasteiger partial charge in [0.2, 0.25) is 5.91 Å². The molecule has 2 aliphatic rings. The molecule has 0 N–H and O–H groups in total. The molecule has 3 atom stereocenters. The van der Waals surface area contributed by atoms with Crippen LogP contribution in [0.2, 0.25) is 10.0 Å². The molecule has 0 aromatic heterocycles. The van der Waals surface area contributed by atoms with Crippen LogP contribution in [-0.2, 0) is 14.4 Å². The molecule has 2 amide bonds. The molecule has 39 heavy (non-hydrogen) atoms. The van der Waals surface area contributed by atoms with Crippen LogP contribution in [0.5, 0.6) is 5.75 Å². The first kappa shape index (κ1) is 27.5. The molecule has 3 aromatic rings. The summed E-state index contributed by atoms with van der Waals surface area (Å²) in [4.78, 5) is 34.6. The third kappa shape index (κ3) is 5.79. The standard InChI is InChI=1S/C31H32Cl2N2O4/c1-2-3-4-5-6-10-19-38-24-16-13-21(14-17-24)28-27-29(39-35(28)22-11-8-7-9-12-22)31(37)34(30(27)36)23-15-18-25(32)26(33)20-23/h7-9,11-18,20,27-29H,2-6,10,19H2,1H3/t27-,28+,29-/m0/s1. The number of amides is 2. The SMILES string of the molecule is CCCCCCCCOc1ccc([C@@H]2[C@@H]3C(=O)N(c4ccc(Cl)c(Cl)c4)C(=O)[C@H]3ON2c2ccccc2)cc1. The van der Waals surface area contributed by atoms with E-state index in [1.807, 2.05) is 54.6 Å². The van der Waals surface area contributed by atoms with Crippen molar-refractivity contribution in [3.63, 3.8) is 0 Å². The van der Waals surface area contributed by atoms with Gasteiger partial charge in [-0.1, -0.05) is 92.6 Å². The van der Waals surface area contributed by atoms with Crippen molar-refractivity contribution in [2.75, 3.05) is 16.6 Å². The fourth-order valence-corrected chi connectivity index (χ4v) is 5.56. The number of anilines is 2. The summed E-state index contributed by atoms with van der Waals surface area (Å²) in [6, 6.07) is 21.5. The number of ether oxygens (including phenoxy) is 1. The zero-order valence-corrected chi connectivity index (χ0v) is 23.4. The molecule has 3 aromatic carbocycles. The molecular formula is C31H32Cl2N2O4. The Hall–Kier alpha value is -3.06. The molecule has 8 heteroatoms. The lowest BCUT2D eigenvalue weighted by Crippen LogP contribution is -2.37.